The molecule has 0 fully saturated rings. The molecule has 0 aromatic heterocycles. The zero-order chi connectivity index (χ0) is 29.1. The maximum Gasteiger partial charge on any atom is 0.338 e. The summed E-state index contributed by atoms with van der Waals surface area (Å²) >= 11 is 12.2. The maximum absolute atomic E-state index is 11.9. The van der Waals surface area contributed by atoms with Crippen LogP contribution in [0.2, 0.25) is 5.02 Å². The third-order valence-corrected chi connectivity index (χ3v) is 6.26. The third kappa shape index (κ3) is 9.03. The number of carbonyl (C=O) groups excluding carboxylic acids is 2. The van der Waals surface area contributed by atoms with E-state index in [2.05, 4.69) is 14.7 Å². The minimum Gasteiger partial charge on any atom is -0.490 e. The van der Waals surface area contributed by atoms with Crippen LogP contribution < -0.4 is 16.2 Å². The summed E-state index contributed by atoms with van der Waals surface area (Å²) in [4.78, 5) is 45.4. The van der Waals surface area contributed by atoms with Crippen LogP contribution in [0.1, 0.15) is 29.6 Å². The average Bonchev–Trinajstić information content (AvgIpc) is 2.92. The number of nitro groups is 1. The number of nitrogens with two attached hydrogens (primary N) is 2. The Kier molecular flexibility index (Phi) is 12.3. The fourth-order valence-electron chi connectivity index (χ4n) is 3.36. The molecule has 3 atom stereocenters. The lowest BCUT2D eigenvalue weighted by atomic mass is 9.99. The highest BCUT2D eigenvalue weighted by atomic mass is 35.5. The normalized spacial score (nSPS) is 16.8. The van der Waals surface area contributed by atoms with Gasteiger partial charge in [-0.2, -0.15) is 0 Å². The largest absolute Gasteiger partial charge is 0.490 e. The van der Waals surface area contributed by atoms with E-state index < -0.39 is 35.0 Å². The summed E-state index contributed by atoms with van der Waals surface area (Å²) in [6, 6.07) is 0.240. The molecule has 1 aromatic rings. The molecule has 212 valence electrons. The molecular formula is C24H28Cl2N4O9. The summed E-state index contributed by atoms with van der Waals surface area (Å²) in [5, 5.41) is 13.9. The number of esters is 2. The summed E-state index contributed by atoms with van der Waals surface area (Å²) in [5.41, 5.74) is 12.1. The van der Waals surface area contributed by atoms with Gasteiger partial charge in [0.2, 0.25) is 0 Å². The second-order valence-corrected chi connectivity index (χ2v) is 9.14. The highest BCUT2D eigenvalue weighted by Crippen LogP contribution is 2.36. The van der Waals surface area contributed by atoms with E-state index in [1.54, 1.807) is 12.2 Å². The number of halogens is 2. The molecule has 13 nitrogen and oxygen atoms in total. The van der Waals surface area contributed by atoms with Gasteiger partial charge in [-0.25, -0.2) is 9.59 Å². The Morgan fingerprint density at radius 2 is 1.69 bits per heavy atom. The molecule has 0 aliphatic heterocycles. The quantitative estimate of drug-likeness (QED) is 0.106. The monoisotopic (exact) mass is 586 g/mol. The van der Waals surface area contributed by atoms with Gasteiger partial charge < -0.3 is 30.4 Å². The van der Waals surface area contributed by atoms with Gasteiger partial charge in [-0.05, 0) is 36.2 Å². The molecule has 4 N–H and O–H groups in total. The Labute approximate surface area is 233 Å². The van der Waals surface area contributed by atoms with Gasteiger partial charge in [0.05, 0.1) is 26.2 Å². The molecule has 1 aliphatic rings. The van der Waals surface area contributed by atoms with E-state index in [1.165, 1.54) is 32.4 Å². The molecule has 3 unspecified atom stereocenters. The van der Waals surface area contributed by atoms with Crippen LogP contribution >= 0.6 is 23.2 Å². The van der Waals surface area contributed by atoms with Crippen molar-refractivity contribution in [3.05, 3.63) is 72.3 Å². The molecule has 0 heterocycles. The third-order valence-electron chi connectivity index (χ3n) is 5.44. The molecule has 0 saturated carbocycles. The maximum atomic E-state index is 11.9. The van der Waals surface area contributed by atoms with Crippen molar-refractivity contribution in [3.63, 3.8) is 0 Å². The van der Waals surface area contributed by atoms with E-state index >= 15 is 0 Å². The Balaban J connectivity index is 1.88. The van der Waals surface area contributed by atoms with E-state index in [9.17, 15) is 24.6 Å². The van der Waals surface area contributed by atoms with E-state index in [1.807, 2.05) is 0 Å². The first-order chi connectivity index (χ1) is 18.5. The fraction of sp³-hybridized carbons (Fsp3) is 0.417. The molecule has 0 amide bonds. The second kappa shape index (κ2) is 15.2. The molecule has 1 aromatic carbocycles. The van der Waals surface area contributed by atoms with Crippen molar-refractivity contribution in [3.8, 4) is 5.75 Å². The van der Waals surface area contributed by atoms with E-state index in [0.717, 1.165) is 0 Å². The van der Waals surface area contributed by atoms with Crippen LogP contribution in [0.3, 0.4) is 0 Å². The van der Waals surface area contributed by atoms with Gasteiger partial charge in [-0.1, -0.05) is 35.4 Å². The summed E-state index contributed by atoms with van der Waals surface area (Å²) in [6.45, 7) is -0.0101. The van der Waals surface area contributed by atoms with E-state index in [-0.39, 0.29) is 58.0 Å². The number of nitroso groups, excluding NO2 is 1. The number of allylic oxidation sites excluding steroid dienone is 1. The van der Waals surface area contributed by atoms with Crippen molar-refractivity contribution in [2.24, 2.45) is 16.6 Å². The van der Waals surface area contributed by atoms with Crippen molar-refractivity contribution < 1.29 is 33.5 Å². The number of nitrogens with zero attached hydrogens (tertiary/aromatic N) is 2. The minimum absolute atomic E-state index is 0.00789. The van der Waals surface area contributed by atoms with Gasteiger partial charge in [0, 0.05) is 22.6 Å². The van der Waals surface area contributed by atoms with Crippen LogP contribution in [0.15, 0.2) is 51.9 Å². The molecule has 15 heteroatoms. The first kappa shape index (κ1) is 31.7. The first-order valence-electron chi connectivity index (χ1n) is 11.5. The summed E-state index contributed by atoms with van der Waals surface area (Å²) in [5.74, 6) is -1.34. The van der Waals surface area contributed by atoms with Gasteiger partial charge in [0.15, 0.2) is 0 Å². The highest BCUT2D eigenvalue weighted by molar-refractivity contribution is 6.34. The number of carbonyl (C=O) groups is 2. The lowest BCUT2D eigenvalue weighted by molar-refractivity contribution is -0.510. The van der Waals surface area contributed by atoms with Gasteiger partial charge in [0.25, 0.3) is 6.04 Å². The lowest BCUT2D eigenvalue weighted by Crippen LogP contribution is -2.29. The summed E-state index contributed by atoms with van der Waals surface area (Å²) in [7, 11) is 2.36. The van der Waals surface area contributed by atoms with Crippen LogP contribution in [-0.2, 0) is 19.0 Å². The number of methoxy groups -OCH3 is 2. The van der Waals surface area contributed by atoms with Gasteiger partial charge in [-0.3, -0.25) is 10.1 Å². The standard InChI is InChI=1S/C24H28Cl2N4O9/c1-36-23(31)13-7-17(29-33)21(25)19(9-13)38-11-15(27)5-3-4-6-16(28)12-39-20-10-14(24(32)37-2)8-18(22(20)26)30(34)35/h3-4,7,9-10,15-16,18H,5-6,8,11-12,27-28H2,1-2H3/b4-3+. The average molecular weight is 587 g/mol. The van der Waals surface area contributed by atoms with E-state index in [0.29, 0.717) is 12.8 Å². The molecule has 0 radical (unpaired) electrons. The van der Waals surface area contributed by atoms with Crippen LogP contribution in [0, 0.1) is 15.0 Å². The van der Waals surface area contributed by atoms with Crippen molar-refractivity contribution >= 4 is 40.8 Å². The van der Waals surface area contributed by atoms with Crippen LogP contribution in [0.25, 0.3) is 0 Å². The summed E-state index contributed by atoms with van der Waals surface area (Å²) in [6.07, 6.45) is 5.45. The van der Waals surface area contributed by atoms with Crippen molar-refractivity contribution in [1.82, 2.24) is 0 Å². The molecule has 39 heavy (non-hydrogen) atoms. The van der Waals surface area contributed by atoms with Crippen molar-refractivity contribution in [1.29, 1.82) is 0 Å². The van der Waals surface area contributed by atoms with Gasteiger partial charge >= 0.3 is 11.9 Å². The SMILES string of the molecule is COC(=O)C1=CC(OCC(N)C/C=C/CC(N)COc2cc(C(=O)OC)cc(N=O)c2Cl)=C(Cl)C([N+](=O)[O-])C1. The van der Waals surface area contributed by atoms with Crippen molar-refractivity contribution in [2.45, 2.75) is 37.4 Å². The van der Waals surface area contributed by atoms with Crippen LogP contribution in [0.4, 0.5) is 5.69 Å². The predicted octanol–water partition coefficient (Wildman–Crippen LogP) is 3.51. The zero-order valence-corrected chi connectivity index (χ0v) is 22.6. The van der Waals surface area contributed by atoms with Crippen molar-refractivity contribution in [2.75, 3.05) is 27.4 Å². The second-order valence-electron chi connectivity index (χ2n) is 8.35. The lowest BCUT2D eigenvalue weighted by Gasteiger charge is -2.20. The fourth-order valence-corrected chi connectivity index (χ4v) is 3.83. The molecular weight excluding hydrogens is 559 g/mol. The smallest absolute Gasteiger partial charge is 0.338 e. The molecule has 0 bridgehead atoms. The minimum atomic E-state index is -1.32. The molecule has 0 spiro atoms. The van der Waals surface area contributed by atoms with Gasteiger partial charge in [-0.15, -0.1) is 4.91 Å². The Hall–Kier alpha value is -3.52. The molecule has 0 saturated heterocycles. The number of hydrogen-bond donors (Lipinski definition) is 2. The molecule has 1 aliphatic carbocycles. The zero-order valence-electron chi connectivity index (χ0n) is 21.1. The van der Waals surface area contributed by atoms with E-state index in [4.69, 9.17) is 44.1 Å². The number of ether oxygens (including phenoxy) is 4. The Morgan fingerprint density at radius 1 is 1.10 bits per heavy atom. The van der Waals surface area contributed by atoms with Gasteiger partial charge in [0.1, 0.15) is 40.5 Å². The Bertz CT molecular complexity index is 1190. The Morgan fingerprint density at radius 3 is 2.23 bits per heavy atom. The number of hydrogen-bond acceptors (Lipinski definition) is 12. The number of rotatable bonds is 14. The predicted molar refractivity (Wildman–Crippen MR) is 142 cm³/mol. The van der Waals surface area contributed by atoms with Crippen LogP contribution in [-0.4, -0.2) is 62.4 Å². The molecule has 2 rings (SSSR count). The first-order valence-corrected chi connectivity index (χ1v) is 12.3. The topological polar surface area (TPSA) is 196 Å². The highest BCUT2D eigenvalue weighted by Gasteiger charge is 2.35. The number of benzene rings is 1. The van der Waals surface area contributed by atoms with Crippen LogP contribution in [0.5, 0.6) is 5.75 Å². The summed E-state index contributed by atoms with van der Waals surface area (Å²) < 4.78 is 20.4.